The number of primary sulfonamides is 1. The van der Waals surface area contributed by atoms with Crippen LogP contribution in [0.5, 0.6) is 0 Å². The molecule has 3 N–H and O–H groups in total. The van der Waals surface area contributed by atoms with E-state index in [-0.39, 0.29) is 10.6 Å². The predicted octanol–water partition coefficient (Wildman–Crippen LogP) is 2.09. The minimum Gasteiger partial charge on any atom is -0.379 e. The van der Waals surface area contributed by atoms with Crippen molar-refractivity contribution in [2.24, 2.45) is 11.1 Å². The van der Waals surface area contributed by atoms with Gasteiger partial charge in [0.05, 0.1) is 9.82 Å². The molecule has 1 unspecified atom stereocenters. The maximum absolute atomic E-state index is 11.2. The van der Waals surface area contributed by atoms with Crippen LogP contribution in [0.2, 0.25) is 0 Å². The highest BCUT2D eigenvalue weighted by Crippen LogP contribution is 2.27. The first kappa shape index (κ1) is 16.4. The number of nitro groups is 1. The highest BCUT2D eigenvalue weighted by molar-refractivity contribution is 7.89. The van der Waals surface area contributed by atoms with Gasteiger partial charge in [-0.3, -0.25) is 10.1 Å². The van der Waals surface area contributed by atoms with Gasteiger partial charge in [-0.15, -0.1) is 0 Å². The van der Waals surface area contributed by atoms with Crippen LogP contribution in [0.4, 0.5) is 11.4 Å². The van der Waals surface area contributed by atoms with E-state index in [1.54, 1.807) is 0 Å². The number of nitro benzene ring substituents is 1. The SMILES string of the molecule is CCCC(C)CNc1ccc(S(N)(=O)=O)cc1[N+](=O)[O-]. The van der Waals surface area contributed by atoms with Crippen LogP contribution in [0.3, 0.4) is 0 Å². The monoisotopic (exact) mass is 301 g/mol. The molecule has 8 heteroatoms. The van der Waals surface area contributed by atoms with Gasteiger partial charge in [0.15, 0.2) is 0 Å². The maximum atomic E-state index is 11.2. The third-order valence-electron chi connectivity index (χ3n) is 2.92. The maximum Gasteiger partial charge on any atom is 0.293 e. The van der Waals surface area contributed by atoms with Crippen LogP contribution >= 0.6 is 0 Å². The van der Waals surface area contributed by atoms with Crippen molar-refractivity contribution in [2.45, 2.75) is 31.6 Å². The first-order valence-electron chi connectivity index (χ1n) is 6.30. The van der Waals surface area contributed by atoms with Crippen LogP contribution in [0, 0.1) is 16.0 Å². The third-order valence-corrected chi connectivity index (χ3v) is 3.83. The quantitative estimate of drug-likeness (QED) is 0.591. The molecule has 0 aliphatic heterocycles. The predicted molar refractivity (Wildman–Crippen MR) is 77.0 cm³/mol. The number of hydrogen-bond donors (Lipinski definition) is 2. The van der Waals surface area contributed by atoms with E-state index in [4.69, 9.17) is 5.14 Å². The van der Waals surface area contributed by atoms with Crippen molar-refractivity contribution in [1.29, 1.82) is 0 Å². The molecule has 1 aromatic rings. The fraction of sp³-hybridized carbons (Fsp3) is 0.500. The minimum absolute atomic E-state index is 0.267. The molecule has 0 aliphatic carbocycles. The molecule has 0 fully saturated rings. The Morgan fingerprint density at radius 3 is 2.60 bits per heavy atom. The molecule has 0 spiro atoms. The molecule has 112 valence electrons. The van der Waals surface area contributed by atoms with Crippen molar-refractivity contribution in [2.75, 3.05) is 11.9 Å². The summed E-state index contributed by atoms with van der Waals surface area (Å²) in [4.78, 5) is 10.1. The topological polar surface area (TPSA) is 115 Å². The van der Waals surface area contributed by atoms with Gasteiger partial charge < -0.3 is 5.32 Å². The van der Waals surface area contributed by atoms with Gasteiger partial charge in [-0.25, -0.2) is 13.6 Å². The van der Waals surface area contributed by atoms with Crippen LogP contribution in [0.25, 0.3) is 0 Å². The molecular weight excluding hydrogens is 282 g/mol. The van der Waals surface area contributed by atoms with Gasteiger partial charge in [0, 0.05) is 12.6 Å². The van der Waals surface area contributed by atoms with Gasteiger partial charge in [-0.1, -0.05) is 20.3 Å². The lowest BCUT2D eigenvalue weighted by atomic mass is 10.1. The summed E-state index contributed by atoms with van der Waals surface area (Å²) in [5.41, 5.74) is 0.00516. The highest BCUT2D eigenvalue weighted by Gasteiger charge is 2.19. The third kappa shape index (κ3) is 4.46. The summed E-state index contributed by atoms with van der Waals surface area (Å²) in [6, 6.07) is 3.61. The molecule has 1 aromatic carbocycles. The lowest BCUT2D eigenvalue weighted by molar-refractivity contribution is -0.384. The molecule has 0 aromatic heterocycles. The van der Waals surface area contributed by atoms with Crippen LogP contribution < -0.4 is 10.5 Å². The van der Waals surface area contributed by atoms with Gasteiger partial charge in [-0.05, 0) is 24.5 Å². The Bertz CT molecular complexity index is 586. The zero-order chi connectivity index (χ0) is 15.3. The molecule has 0 radical (unpaired) electrons. The van der Waals surface area contributed by atoms with Crippen molar-refractivity contribution >= 4 is 21.4 Å². The Balaban J connectivity index is 3.00. The van der Waals surface area contributed by atoms with Crippen molar-refractivity contribution in [3.63, 3.8) is 0 Å². The second-order valence-corrected chi connectivity index (χ2v) is 6.32. The molecule has 0 saturated heterocycles. The summed E-state index contributed by atoms with van der Waals surface area (Å²) in [5, 5.41) is 18.9. The summed E-state index contributed by atoms with van der Waals surface area (Å²) in [6.45, 7) is 4.70. The first-order valence-corrected chi connectivity index (χ1v) is 7.85. The molecule has 0 saturated carbocycles. The zero-order valence-corrected chi connectivity index (χ0v) is 12.3. The molecule has 1 rings (SSSR count). The fourth-order valence-corrected chi connectivity index (χ4v) is 2.40. The number of rotatable bonds is 7. The fourth-order valence-electron chi connectivity index (χ4n) is 1.87. The number of sulfonamides is 1. The number of nitrogens with one attached hydrogen (secondary N) is 1. The Morgan fingerprint density at radius 2 is 2.10 bits per heavy atom. The lowest BCUT2D eigenvalue weighted by Gasteiger charge is -2.13. The Morgan fingerprint density at radius 1 is 1.45 bits per heavy atom. The Hall–Kier alpha value is -1.67. The van der Waals surface area contributed by atoms with Crippen molar-refractivity contribution in [1.82, 2.24) is 0 Å². The molecular formula is C12H19N3O4S. The van der Waals surface area contributed by atoms with Crippen molar-refractivity contribution in [3.05, 3.63) is 28.3 Å². The van der Waals surface area contributed by atoms with E-state index in [1.807, 2.05) is 6.92 Å². The number of nitrogens with zero attached hydrogens (tertiary/aromatic N) is 1. The average Bonchev–Trinajstić information content (AvgIpc) is 2.35. The van der Waals surface area contributed by atoms with E-state index >= 15 is 0 Å². The van der Waals surface area contributed by atoms with Gasteiger partial charge >= 0.3 is 0 Å². The number of anilines is 1. The number of benzene rings is 1. The van der Waals surface area contributed by atoms with Gasteiger partial charge in [0.1, 0.15) is 5.69 Å². The second-order valence-electron chi connectivity index (χ2n) is 4.76. The summed E-state index contributed by atoms with van der Waals surface area (Å²) in [5.74, 6) is 0.373. The van der Waals surface area contributed by atoms with Gasteiger partial charge in [0.25, 0.3) is 5.69 Å². The van der Waals surface area contributed by atoms with E-state index in [0.717, 1.165) is 18.9 Å². The number of hydrogen-bond acceptors (Lipinski definition) is 5. The number of nitrogens with two attached hydrogens (primary N) is 1. The Labute approximate surface area is 118 Å². The van der Waals surface area contributed by atoms with E-state index < -0.39 is 14.9 Å². The molecule has 0 bridgehead atoms. The van der Waals surface area contributed by atoms with Crippen LogP contribution in [0.15, 0.2) is 23.1 Å². The summed E-state index contributed by atoms with van der Waals surface area (Å²) in [7, 11) is -3.95. The van der Waals surface area contributed by atoms with Crippen molar-refractivity contribution < 1.29 is 13.3 Å². The second kappa shape index (κ2) is 6.67. The minimum atomic E-state index is -3.95. The normalized spacial score (nSPS) is 12.9. The molecule has 7 nitrogen and oxygen atoms in total. The van der Waals surface area contributed by atoms with Crippen LogP contribution in [-0.2, 0) is 10.0 Å². The van der Waals surface area contributed by atoms with Crippen LogP contribution in [0.1, 0.15) is 26.7 Å². The smallest absolute Gasteiger partial charge is 0.293 e. The molecule has 0 amide bonds. The summed E-state index contributed by atoms with van der Waals surface area (Å²) >= 11 is 0. The zero-order valence-electron chi connectivity index (χ0n) is 11.5. The summed E-state index contributed by atoms with van der Waals surface area (Å²) < 4.78 is 22.4. The van der Waals surface area contributed by atoms with Crippen molar-refractivity contribution in [3.8, 4) is 0 Å². The summed E-state index contributed by atoms with van der Waals surface area (Å²) in [6.07, 6.45) is 2.05. The highest BCUT2D eigenvalue weighted by atomic mass is 32.2. The molecule has 0 aliphatic rings. The van der Waals surface area contributed by atoms with Gasteiger partial charge in [-0.2, -0.15) is 0 Å². The largest absolute Gasteiger partial charge is 0.379 e. The van der Waals surface area contributed by atoms with E-state index in [9.17, 15) is 18.5 Å². The lowest BCUT2D eigenvalue weighted by Crippen LogP contribution is -2.14. The molecule has 0 heterocycles. The van der Waals surface area contributed by atoms with E-state index in [1.165, 1.54) is 12.1 Å². The van der Waals surface area contributed by atoms with E-state index in [0.29, 0.717) is 18.2 Å². The first-order chi connectivity index (χ1) is 9.25. The average molecular weight is 301 g/mol. The van der Waals surface area contributed by atoms with E-state index in [2.05, 4.69) is 12.2 Å². The molecule has 20 heavy (non-hydrogen) atoms. The Kier molecular flexibility index (Phi) is 5.46. The van der Waals surface area contributed by atoms with Gasteiger partial charge in [0.2, 0.25) is 10.0 Å². The standard InChI is InChI=1S/C12H19N3O4S/c1-3-4-9(2)8-14-11-6-5-10(20(13,18)19)7-12(11)15(16)17/h5-7,9,14H,3-4,8H2,1-2H3,(H2,13,18,19). The molecule has 1 atom stereocenters. The van der Waals surface area contributed by atoms with Crippen LogP contribution in [-0.4, -0.2) is 19.9 Å².